The molecule has 0 spiro atoms. The fourth-order valence-corrected chi connectivity index (χ4v) is 2.56. The third-order valence-corrected chi connectivity index (χ3v) is 3.99. The number of carbonyl (C=O) groups is 2. The summed E-state index contributed by atoms with van der Waals surface area (Å²) in [7, 11) is 0. The normalized spacial score (nSPS) is 11.8. The third-order valence-electron chi connectivity index (χ3n) is 3.15. The summed E-state index contributed by atoms with van der Waals surface area (Å²) in [6.07, 6.45) is 0.0463. The van der Waals surface area contributed by atoms with E-state index < -0.39 is 17.9 Å². The first-order valence-corrected chi connectivity index (χ1v) is 7.73. The monoisotopic (exact) mass is 371 g/mol. The van der Waals surface area contributed by atoms with E-state index in [0.29, 0.717) is 26.2 Å². The van der Waals surface area contributed by atoms with Crippen LogP contribution in [0.5, 0.6) is 0 Å². The second kappa shape index (κ2) is 7.68. The first-order valence-electron chi connectivity index (χ1n) is 6.60. The Labute approximate surface area is 148 Å². The first-order chi connectivity index (χ1) is 10.9. The van der Waals surface area contributed by atoms with Crippen LogP contribution in [0.3, 0.4) is 0 Å². The molecule has 0 aliphatic rings. The van der Waals surface area contributed by atoms with Crippen molar-refractivity contribution < 1.29 is 14.7 Å². The van der Waals surface area contributed by atoms with Gasteiger partial charge in [0.05, 0.1) is 0 Å². The van der Waals surface area contributed by atoms with E-state index in [-0.39, 0.29) is 6.42 Å². The number of halogens is 3. The fraction of sp³-hybridized carbons (Fsp3) is 0.125. The van der Waals surface area contributed by atoms with Crippen LogP contribution in [0.25, 0.3) is 0 Å². The molecule has 2 rings (SSSR count). The number of carboxylic acid groups (broad SMARTS) is 1. The minimum absolute atomic E-state index is 0.0463. The zero-order chi connectivity index (χ0) is 17.0. The highest BCUT2D eigenvalue weighted by Gasteiger charge is 2.22. The smallest absolute Gasteiger partial charge is 0.326 e. The van der Waals surface area contributed by atoms with Gasteiger partial charge >= 0.3 is 5.97 Å². The standard InChI is InChI=1S/C16H12Cl3NO3/c17-11-4-1-9(2-5-11)15(21)20-14(16(22)23)7-10-3-6-12(18)8-13(10)19/h1-6,8,14H,7H2,(H,20,21)(H,22,23)/t14-/m1/s1. The van der Waals surface area contributed by atoms with Gasteiger partial charge in [-0.05, 0) is 42.0 Å². The Bertz CT molecular complexity index is 732. The Morgan fingerprint density at radius 3 is 2.17 bits per heavy atom. The lowest BCUT2D eigenvalue weighted by Gasteiger charge is -2.15. The average molecular weight is 373 g/mol. The SMILES string of the molecule is O=C(N[C@H](Cc1ccc(Cl)cc1Cl)C(=O)O)c1ccc(Cl)cc1. The molecule has 2 aromatic rings. The first kappa shape index (κ1) is 17.6. The average Bonchev–Trinajstić information content (AvgIpc) is 2.49. The van der Waals surface area contributed by atoms with Crippen LogP contribution in [0.4, 0.5) is 0 Å². The topological polar surface area (TPSA) is 66.4 Å². The van der Waals surface area contributed by atoms with Crippen molar-refractivity contribution in [2.24, 2.45) is 0 Å². The molecule has 120 valence electrons. The molecule has 0 heterocycles. The number of benzene rings is 2. The quantitative estimate of drug-likeness (QED) is 0.831. The molecule has 2 N–H and O–H groups in total. The Hall–Kier alpha value is -1.75. The lowest BCUT2D eigenvalue weighted by molar-refractivity contribution is -0.139. The number of rotatable bonds is 5. The number of nitrogens with one attached hydrogen (secondary N) is 1. The molecule has 0 bridgehead atoms. The van der Waals surface area contributed by atoms with Crippen LogP contribution in [0.15, 0.2) is 42.5 Å². The Kier molecular flexibility index (Phi) is 5.88. The minimum atomic E-state index is -1.15. The van der Waals surface area contributed by atoms with Crippen molar-refractivity contribution in [3.63, 3.8) is 0 Å². The molecule has 0 aliphatic heterocycles. The van der Waals surface area contributed by atoms with Crippen LogP contribution in [0, 0.1) is 0 Å². The molecule has 0 aliphatic carbocycles. The minimum Gasteiger partial charge on any atom is -0.480 e. The molecule has 1 atom stereocenters. The molecule has 0 saturated heterocycles. The zero-order valence-electron chi connectivity index (χ0n) is 11.7. The van der Waals surface area contributed by atoms with Crippen molar-refractivity contribution in [2.45, 2.75) is 12.5 Å². The van der Waals surface area contributed by atoms with Gasteiger partial charge in [0.25, 0.3) is 5.91 Å². The largest absolute Gasteiger partial charge is 0.480 e. The maximum absolute atomic E-state index is 12.1. The summed E-state index contributed by atoms with van der Waals surface area (Å²) >= 11 is 17.6. The Balaban J connectivity index is 2.14. The molecule has 4 nitrogen and oxygen atoms in total. The van der Waals surface area contributed by atoms with Gasteiger partial charge in [-0.15, -0.1) is 0 Å². The van der Waals surface area contributed by atoms with Crippen LogP contribution < -0.4 is 5.32 Å². The van der Waals surface area contributed by atoms with E-state index in [9.17, 15) is 14.7 Å². The third kappa shape index (κ3) is 4.86. The van der Waals surface area contributed by atoms with Gasteiger partial charge in [-0.1, -0.05) is 40.9 Å². The molecule has 1 amide bonds. The van der Waals surface area contributed by atoms with Gasteiger partial charge in [0.1, 0.15) is 6.04 Å². The van der Waals surface area contributed by atoms with Gasteiger partial charge in [-0.3, -0.25) is 4.79 Å². The molecule has 0 saturated carbocycles. The second-order valence-corrected chi connectivity index (χ2v) is 6.09. The van der Waals surface area contributed by atoms with Crippen molar-refractivity contribution >= 4 is 46.7 Å². The van der Waals surface area contributed by atoms with Gasteiger partial charge in [-0.25, -0.2) is 4.79 Å². The highest BCUT2D eigenvalue weighted by molar-refractivity contribution is 6.35. The van der Waals surface area contributed by atoms with Crippen molar-refractivity contribution in [1.82, 2.24) is 5.32 Å². The highest BCUT2D eigenvalue weighted by atomic mass is 35.5. The van der Waals surface area contributed by atoms with Crippen molar-refractivity contribution in [3.05, 3.63) is 68.7 Å². The predicted octanol–water partition coefficient (Wildman–Crippen LogP) is 4.07. The number of carbonyl (C=O) groups excluding carboxylic acids is 1. The molecule has 0 fully saturated rings. The van der Waals surface area contributed by atoms with Crippen molar-refractivity contribution in [2.75, 3.05) is 0 Å². The van der Waals surface area contributed by atoms with Gasteiger partial charge in [0.2, 0.25) is 0 Å². The van der Waals surface area contributed by atoms with Gasteiger partial charge in [-0.2, -0.15) is 0 Å². The Morgan fingerprint density at radius 2 is 1.61 bits per heavy atom. The van der Waals surface area contributed by atoms with E-state index in [4.69, 9.17) is 34.8 Å². The summed E-state index contributed by atoms with van der Waals surface area (Å²) in [6, 6.07) is 9.81. The summed E-state index contributed by atoms with van der Waals surface area (Å²) in [5, 5.41) is 13.1. The summed E-state index contributed by atoms with van der Waals surface area (Å²) in [5.41, 5.74) is 0.905. The van der Waals surface area contributed by atoms with Crippen LogP contribution in [-0.2, 0) is 11.2 Å². The fourth-order valence-electron chi connectivity index (χ4n) is 1.95. The molecule has 2 aromatic carbocycles. The molecular weight excluding hydrogens is 361 g/mol. The molecule has 7 heteroatoms. The Morgan fingerprint density at radius 1 is 1.00 bits per heavy atom. The van der Waals surface area contributed by atoms with Gasteiger partial charge in [0.15, 0.2) is 0 Å². The van der Waals surface area contributed by atoms with Crippen molar-refractivity contribution in [1.29, 1.82) is 0 Å². The highest BCUT2D eigenvalue weighted by Crippen LogP contribution is 2.22. The van der Waals surface area contributed by atoms with Gasteiger partial charge < -0.3 is 10.4 Å². The van der Waals surface area contributed by atoms with Crippen LogP contribution in [-0.4, -0.2) is 23.0 Å². The molecule has 0 unspecified atom stereocenters. The summed E-state index contributed by atoms with van der Waals surface area (Å²) < 4.78 is 0. The van der Waals surface area contributed by atoms with E-state index in [1.807, 2.05) is 0 Å². The number of hydrogen-bond donors (Lipinski definition) is 2. The number of amides is 1. The summed E-state index contributed by atoms with van der Waals surface area (Å²) in [6.45, 7) is 0. The van der Waals surface area contributed by atoms with E-state index in [1.165, 1.54) is 18.2 Å². The maximum atomic E-state index is 12.1. The van der Waals surface area contributed by atoms with E-state index in [0.717, 1.165) is 0 Å². The van der Waals surface area contributed by atoms with E-state index in [2.05, 4.69) is 5.32 Å². The number of hydrogen-bond acceptors (Lipinski definition) is 2. The van der Waals surface area contributed by atoms with Gasteiger partial charge in [0, 0.05) is 27.1 Å². The van der Waals surface area contributed by atoms with Crippen molar-refractivity contribution in [3.8, 4) is 0 Å². The molecule has 0 radical (unpaired) electrons. The second-order valence-electron chi connectivity index (χ2n) is 4.81. The van der Waals surface area contributed by atoms with E-state index >= 15 is 0 Å². The lowest BCUT2D eigenvalue weighted by atomic mass is 10.1. The molecule has 0 aromatic heterocycles. The number of carboxylic acids is 1. The lowest BCUT2D eigenvalue weighted by Crippen LogP contribution is -2.42. The molecule has 23 heavy (non-hydrogen) atoms. The maximum Gasteiger partial charge on any atom is 0.326 e. The van der Waals surface area contributed by atoms with Crippen LogP contribution in [0.2, 0.25) is 15.1 Å². The van der Waals surface area contributed by atoms with Crippen LogP contribution >= 0.6 is 34.8 Å². The number of aliphatic carboxylic acids is 1. The molecular formula is C16H12Cl3NO3. The van der Waals surface area contributed by atoms with E-state index in [1.54, 1.807) is 24.3 Å². The summed E-state index contributed by atoms with van der Waals surface area (Å²) in [5.74, 6) is -1.66. The van der Waals surface area contributed by atoms with Crippen LogP contribution in [0.1, 0.15) is 15.9 Å². The zero-order valence-corrected chi connectivity index (χ0v) is 14.0. The summed E-state index contributed by atoms with van der Waals surface area (Å²) in [4.78, 5) is 23.5. The predicted molar refractivity (Wildman–Crippen MR) is 90.5 cm³/mol.